The molecule has 242 valence electrons. The Morgan fingerprint density at radius 2 is 0.731 bits per heavy atom. The van der Waals surface area contributed by atoms with Crippen molar-refractivity contribution in [1.82, 2.24) is 39.9 Å². The summed E-state index contributed by atoms with van der Waals surface area (Å²) >= 11 is 0. The first-order chi connectivity index (χ1) is 25.6. The van der Waals surface area contributed by atoms with Crippen molar-refractivity contribution in [3.63, 3.8) is 0 Å². The van der Waals surface area contributed by atoms with Gasteiger partial charge in [0.25, 0.3) is 0 Å². The van der Waals surface area contributed by atoms with Crippen LogP contribution < -0.4 is 0 Å². The van der Waals surface area contributed by atoms with Crippen molar-refractivity contribution in [1.29, 1.82) is 21.0 Å². The van der Waals surface area contributed by atoms with Gasteiger partial charge in [0.1, 0.15) is 57.8 Å². The molecule has 12 nitrogen and oxygen atoms in total. The minimum Gasteiger partial charge on any atom is -0.323 e. The van der Waals surface area contributed by atoms with Crippen LogP contribution >= 0.6 is 0 Å². The highest BCUT2D eigenvalue weighted by molar-refractivity contribution is 6.01. The van der Waals surface area contributed by atoms with E-state index in [2.05, 4.69) is 34.2 Å². The molecule has 0 fully saturated rings. The number of aromatic amines is 2. The van der Waals surface area contributed by atoms with E-state index < -0.39 is 0 Å². The molecule has 2 aliphatic heterocycles. The van der Waals surface area contributed by atoms with E-state index in [1.165, 1.54) is 0 Å². The van der Waals surface area contributed by atoms with E-state index in [0.717, 1.165) is 0 Å². The summed E-state index contributed by atoms with van der Waals surface area (Å²) in [6.45, 7) is 0. The molecule has 52 heavy (non-hydrogen) atoms. The molecule has 9 rings (SSSR count). The Kier molecular flexibility index (Phi) is 6.96. The minimum absolute atomic E-state index is 0.0745. The van der Waals surface area contributed by atoms with Crippen LogP contribution in [0.2, 0.25) is 0 Å². The molecule has 0 saturated heterocycles. The molecule has 0 radical (unpaired) electrons. The van der Waals surface area contributed by atoms with Crippen LogP contribution in [0.4, 0.5) is 0 Å². The van der Waals surface area contributed by atoms with Gasteiger partial charge in [-0.2, -0.15) is 21.0 Å². The van der Waals surface area contributed by atoms with Gasteiger partial charge in [0, 0.05) is 45.9 Å². The van der Waals surface area contributed by atoms with Crippen molar-refractivity contribution < 1.29 is 0 Å². The fourth-order valence-corrected chi connectivity index (χ4v) is 7.20. The number of allylic oxidation sites excluding steroid dienone is 20. The molecule has 0 aromatic carbocycles. The molecular formula is C40H22N12. The number of fused-ring (bicyclic) bond motifs is 8. The Balaban J connectivity index is 1.48. The summed E-state index contributed by atoms with van der Waals surface area (Å²) in [5.74, 6) is -0.765. The monoisotopic (exact) mass is 670 g/mol. The van der Waals surface area contributed by atoms with Crippen molar-refractivity contribution >= 4 is 44.9 Å². The molecule has 4 aliphatic carbocycles. The highest BCUT2D eigenvalue weighted by atomic mass is 15.1. The predicted molar refractivity (Wildman–Crippen MR) is 192 cm³/mol. The molecule has 3 aromatic rings. The second-order valence-electron chi connectivity index (χ2n) is 12.4. The first-order valence-corrected chi connectivity index (χ1v) is 16.4. The SMILES string of the molecule is N#CC1=C(C2C=CC=C2)c2nc3nc(nc4[nH]c(nc5[nH]c(nc1n2)c(C1C=CC=C1)c5C#N)c(C1C=CC=C1)c4C#N)C(C1C=CC=C1)=C3C#N. The number of aromatic nitrogens is 8. The average Bonchev–Trinajstić information content (AvgIpc) is 3.99. The molecular weight excluding hydrogens is 649 g/mol. The maximum atomic E-state index is 10.6. The summed E-state index contributed by atoms with van der Waals surface area (Å²) in [5.41, 5.74) is 4.02. The van der Waals surface area contributed by atoms with Gasteiger partial charge in [-0.1, -0.05) is 97.2 Å². The fourth-order valence-electron chi connectivity index (χ4n) is 7.20. The van der Waals surface area contributed by atoms with Gasteiger partial charge in [0.15, 0.2) is 34.6 Å². The lowest BCUT2D eigenvalue weighted by atomic mass is 9.95. The van der Waals surface area contributed by atoms with Gasteiger partial charge in [0.05, 0.1) is 0 Å². The van der Waals surface area contributed by atoms with Gasteiger partial charge in [-0.25, -0.2) is 29.9 Å². The van der Waals surface area contributed by atoms with Crippen LogP contribution in [0, 0.1) is 57.2 Å². The van der Waals surface area contributed by atoms with Crippen molar-refractivity contribution in [3.05, 3.63) is 143 Å². The summed E-state index contributed by atoms with van der Waals surface area (Å²) in [7, 11) is 0. The first kappa shape index (κ1) is 30.3. The third-order valence-corrected chi connectivity index (χ3v) is 9.53. The number of hydrogen-bond acceptors (Lipinski definition) is 10. The number of rotatable bonds is 4. The summed E-state index contributed by atoms with van der Waals surface area (Å²) in [6.07, 6.45) is 30.5. The number of nitrogens with one attached hydrogen (secondary N) is 2. The smallest absolute Gasteiger partial charge is 0.175 e. The van der Waals surface area contributed by atoms with E-state index >= 15 is 0 Å². The maximum absolute atomic E-state index is 10.6. The first-order valence-electron chi connectivity index (χ1n) is 16.4. The van der Waals surface area contributed by atoms with Gasteiger partial charge in [-0.05, 0) is 0 Å². The zero-order valence-electron chi connectivity index (χ0n) is 27.0. The largest absolute Gasteiger partial charge is 0.323 e. The third kappa shape index (κ3) is 4.64. The van der Waals surface area contributed by atoms with Crippen molar-refractivity contribution in [2.75, 3.05) is 0 Å². The minimum atomic E-state index is -0.340. The van der Waals surface area contributed by atoms with E-state index in [1.54, 1.807) is 0 Å². The Hall–Kier alpha value is -7.80. The van der Waals surface area contributed by atoms with Crippen molar-refractivity contribution in [2.24, 2.45) is 11.8 Å². The van der Waals surface area contributed by atoms with Crippen LogP contribution in [0.3, 0.4) is 0 Å². The molecule has 6 aliphatic rings. The molecule has 0 amide bonds. The highest BCUT2D eigenvalue weighted by Crippen LogP contribution is 2.40. The molecule has 5 heterocycles. The number of hydrogen-bond donors (Lipinski definition) is 2. The Morgan fingerprint density at radius 1 is 0.385 bits per heavy atom. The van der Waals surface area contributed by atoms with Gasteiger partial charge < -0.3 is 9.97 Å². The van der Waals surface area contributed by atoms with E-state index in [0.29, 0.717) is 33.6 Å². The van der Waals surface area contributed by atoms with Crippen LogP contribution in [0.25, 0.3) is 44.9 Å². The van der Waals surface area contributed by atoms with Gasteiger partial charge in [-0.3, -0.25) is 0 Å². The normalized spacial score (nSPS) is 17.6. The van der Waals surface area contributed by atoms with Crippen LogP contribution in [-0.2, 0) is 0 Å². The van der Waals surface area contributed by atoms with Crippen LogP contribution in [0.5, 0.6) is 0 Å². The Bertz CT molecular complexity index is 2770. The number of nitrogens with zero attached hydrogens (tertiary/aromatic N) is 10. The maximum Gasteiger partial charge on any atom is 0.175 e. The summed E-state index contributed by atoms with van der Waals surface area (Å²) in [5, 5.41) is 42.4. The lowest BCUT2D eigenvalue weighted by Crippen LogP contribution is -1.99. The van der Waals surface area contributed by atoms with Crippen LogP contribution in [0.1, 0.15) is 57.4 Å². The van der Waals surface area contributed by atoms with Crippen LogP contribution in [-0.4, -0.2) is 39.9 Å². The highest BCUT2D eigenvalue weighted by Gasteiger charge is 2.33. The summed E-state index contributed by atoms with van der Waals surface area (Å²) in [6, 6.07) is 9.22. The molecule has 0 spiro atoms. The molecule has 8 bridgehead atoms. The summed E-state index contributed by atoms with van der Waals surface area (Å²) in [4.78, 5) is 35.7. The van der Waals surface area contributed by atoms with Gasteiger partial charge >= 0.3 is 0 Å². The van der Waals surface area contributed by atoms with E-state index in [1.807, 2.05) is 97.2 Å². The molecule has 12 heteroatoms. The number of nitriles is 4. The summed E-state index contributed by atoms with van der Waals surface area (Å²) < 4.78 is 0. The molecule has 0 saturated carbocycles. The molecule has 0 atom stereocenters. The van der Waals surface area contributed by atoms with Gasteiger partial charge in [0.2, 0.25) is 0 Å². The van der Waals surface area contributed by atoms with E-state index in [-0.39, 0.29) is 80.5 Å². The van der Waals surface area contributed by atoms with Crippen molar-refractivity contribution in [2.45, 2.75) is 11.8 Å². The second kappa shape index (κ2) is 12.0. The number of H-pyrrole nitrogens is 2. The van der Waals surface area contributed by atoms with Crippen molar-refractivity contribution in [3.8, 4) is 24.3 Å². The zero-order chi connectivity index (χ0) is 35.3. The average molecular weight is 671 g/mol. The molecule has 2 N–H and O–H groups in total. The van der Waals surface area contributed by atoms with E-state index in [4.69, 9.17) is 29.9 Å². The quantitative estimate of drug-likeness (QED) is 0.312. The second-order valence-corrected chi connectivity index (χ2v) is 12.4. The lowest BCUT2D eigenvalue weighted by molar-refractivity contribution is 1.01. The lowest BCUT2D eigenvalue weighted by Gasteiger charge is -2.07. The zero-order valence-corrected chi connectivity index (χ0v) is 27.0. The molecule has 0 unspecified atom stereocenters. The van der Waals surface area contributed by atoms with E-state index in [9.17, 15) is 21.0 Å². The standard InChI is InChI=1S/C40H22N12/c41-17-25-29(21-9-1-2-10-21)37-45-33(25)50-38-31(23-13-5-6-14-23)27(19-43)35(47-38)52-40-32(24-15-7-8-16-24)28(20-44)36(48-40)51-39-30(22-11-3-4-12-22)26(18-42)34(46-39)49-37/h1-16,21-24H,(H2,45,46,47,48,49,50,51,52). The third-order valence-electron chi connectivity index (χ3n) is 9.53. The molecule has 3 aromatic heterocycles. The van der Waals surface area contributed by atoms with Crippen LogP contribution in [0.15, 0.2) is 97.2 Å². The fraction of sp³-hybridized carbons (Fsp3) is 0.100. The topological polar surface area (TPSA) is 204 Å². The Labute approximate surface area is 295 Å². The predicted octanol–water partition coefficient (Wildman–Crippen LogP) is 6.41. The van der Waals surface area contributed by atoms with Gasteiger partial charge in [-0.15, -0.1) is 0 Å². The Morgan fingerprint density at radius 3 is 1.15 bits per heavy atom.